The molecule has 0 unspecified atom stereocenters. The minimum Gasteiger partial charge on any atom is -0.255 e. The fraction of sp³-hybridized carbons (Fsp3) is 0. The van der Waals surface area contributed by atoms with Crippen LogP contribution in [0.5, 0.6) is 0 Å². The molecule has 0 saturated carbocycles. The van der Waals surface area contributed by atoms with Gasteiger partial charge in [-0.25, -0.2) is 0 Å². The number of pyridine rings is 2. The first-order valence-electron chi connectivity index (χ1n) is 3.79. The van der Waals surface area contributed by atoms with Crippen molar-refractivity contribution in [3.63, 3.8) is 0 Å². The molecule has 0 bridgehead atoms. The summed E-state index contributed by atoms with van der Waals surface area (Å²) in [5.41, 5.74) is 1.83. The van der Waals surface area contributed by atoms with Gasteiger partial charge in [0.05, 0.1) is 11.4 Å². The Morgan fingerprint density at radius 2 is 1.15 bits per heavy atom. The van der Waals surface area contributed by atoms with E-state index in [9.17, 15) is 0 Å². The Bertz CT molecular complexity index is 310. The van der Waals surface area contributed by atoms with Crippen LogP contribution in [0, 0.1) is 0 Å². The molecular weight excluding hydrogens is 207 g/mol. The minimum atomic E-state index is 0. The normalized spacial score (nSPS) is 8.92. The Kier molecular flexibility index (Phi) is 3.61. The second-order valence-corrected chi connectivity index (χ2v) is 2.43. The van der Waals surface area contributed by atoms with Crippen LogP contribution in [0.4, 0.5) is 0 Å². The second-order valence-electron chi connectivity index (χ2n) is 2.43. The van der Waals surface area contributed by atoms with Gasteiger partial charge in [-0.3, -0.25) is 9.97 Å². The van der Waals surface area contributed by atoms with Crippen molar-refractivity contribution in [1.29, 1.82) is 0 Å². The summed E-state index contributed by atoms with van der Waals surface area (Å²) in [5.74, 6) is 0. The summed E-state index contributed by atoms with van der Waals surface area (Å²) in [6.07, 6.45) is 3.54. The van der Waals surface area contributed by atoms with Gasteiger partial charge in [0.1, 0.15) is 0 Å². The molecule has 0 fully saturated rings. The van der Waals surface area contributed by atoms with E-state index in [4.69, 9.17) is 0 Å². The molecule has 0 saturated heterocycles. The summed E-state index contributed by atoms with van der Waals surface area (Å²) in [5, 5.41) is 0. The van der Waals surface area contributed by atoms with Crippen molar-refractivity contribution >= 4 is 0 Å². The Morgan fingerprint density at radius 3 is 1.46 bits per heavy atom. The van der Waals surface area contributed by atoms with Crippen molar-refractivity contribution < 1.29 is 16.8 Å². The summed E-state index contributed by atoms with van der Waals surface area (Å²) in [6.45, 7) is 0. The Hall–Kier alpha value is -1.19. The van der Waals surface area contributed by atoms with Gasteiger partial charge in [0.2, 0.25) is 0 Å². The van der Waals surface area contributed by atoms with Crippen LogP contribution in [0.25, 0.3) is 11.4 Å². The van der Waals surface area contributed by atoms with Crippen molar-refractivity contribution in [2.24, 2.45) is 0 Å². The van der Waals surface area contributed by atoms with Crippen molar-refractivity contribution in [3.05, 3.63) is 48.8 Å². The van der Waals surface area contributed by atoms with Crippen LogP contribution < -0.4 is 0 Å². The standard InChI is InChI=1S/C10H8N2.Co/c1-3-7-11-9(5-1)10-6-2-4-8-12-10;/h1-8H;. The largest absolute Gasteiger partial charge is 0.255 e. The molecule has 0 spiro atoms. The summed E-state index contributed by atoms with van der Waals surface area (Å²) < 4.78 is 0. The van der Waals surface area contributed by atoms with E-state index in [2.05, 4.69) is 9.97 Å². The summed E-state index contributed by atoms with van der Waals surface area (Å²) in [6, 6.07) is 11.6. The van der Waals surface area contributed by atoms with Crippen LogP contribution >= 0.6 is 0 Å². The molecular formula is C10H8CoN2. The van der Waals surface area contributed by atoms with Crippen LogP contribution in [-0.2, 0) is 16.8 Å². The molecule has 0 aromatic carbocycles. The van der Waals surface area contributed by atoms with Crippen molar-refractivity contribution in [2.45, 2.75) is 0 Å². The molecule has 2 nitrogen and oxygen atoms in total. The molecule has 0 atom stereocenters. The van der Waals surface area contributed by atoms with Gasteiger partial charge >= 0.3 is 0 Å². The van der Waals surface area contributed by atoms with Crippen LogP contribution in [0.3, 0.4) is 0 Å². The number of rotatable bonds is 1. The van der Waals surface area contributed by atoms with Gasteiger partial charge < -0.3 is 0 Å². The molecule has 0 N–H and O–H groups in total. The molecule has 67 valence electrons. The first-order chi connectivity index (χ1) is 5.97. The average molecular weight is 215 g/mol. The summed E-state index contributed by atoms with van der Waals surface area (Å²) in [7, 11) is 0. The third-order valence-corrected chi connectivity index (χ3v) is 1.59. The molecule has 0 aliphatic carbocycles. The smallest absolute Gasteiger partial charge is 0.0886 e. The van der Waals surface area contributed by atoms with Gasteiger partial charge in [0, 0.05) is 29.2 Å². The zero-order chi connectivity index (χ0) is 8.23. The molecule has 2 aromatic heterocycles. The predicted molar refractivity (Wildman–Crippen MR) is 47.5 cm³/mol. The van der Waals surface area contributed by atoms with E-state index < -0.39 is 0 Å². The Labute approximate surface area is 87.2 Å². The van der Waals surface area contributed by atoms with Crippen molar-refractivity contribution in [2.75, 3.05) is 0 Å². The first-order valence-corrected chi connectivity index (χ1v) is 3.79. The summed E-state index contributed by atoms with van der Waals surface area (Å²) in [4.78, 5) is 8.37. The van der Waals surface area contributed by atoms with Gasteiger partial charge in [0.15, 0.2) is 0 Å². The minimum absolute atomic E-state index is 0. The topological polar surface area (TPSA) is 25.8 Å². The van der Waals surface area contributed by atoms with E-state index in [-0.39, 0.29) is 16.8 Å². The maximum atomic E-state index is 4.19. The van der Waals surface area contributed by atoms with E-state index in [1.165, 1.54) is 0 Å². The maximum absolute atomic E-state index is 4.19. The molecule has 1 radical (unpaired) electrons. The zero-order valence-corrected chi connectivity index (χ0v) is 7.89. The van der Waals surface area contributed by atoms with Crippen LogP contribution in [0.1, 0.15) is 0 Å². The predicted octanol–water partition coefficient (Wildman–Crippen LogP) is 2.14. The molecule has 0 amide bonds. The molecule has 0 aliphatic heterocycles. The number of aromatic nitrogens is 2. The van der Waals surface area contributed by atoms with Crippen LogP contribution in [0.2, 0.25) is 0 Å². The average Bonchev–Trinajstić information content (AvgIpc) is 2.21. The molecule has 3 heteroatoms. The monoisotopic (exact) mass is 215 g/mol. The zero-order valence-electron chi connectivity index (χ0n) is 6.85. The van der Waals surface area contributed by atoms with Gasteiger partial charge in [-0.05, 0) is 24.3 Å². The van der Waals surface area contributed by atoms with E-state index in [1.54, 1.807) is 12.4 Å². The van der Waals surface area contributed by atoms with E-state index in [1.807, 2.05) is 36.4 Å². The SMILES string of the molecule is [Co].c1ccc(-c2ccccn2)nc1. The van der Waals surface area contributed by atoms with Gasteiger partial charge in [-0.1, -0.05) is 12.1 Å². The van der Waals surface area contributed by atoms with E-state index in [0.717, 1.165) is 11.4 Å². The molecule has 2 heterocycles. The second kappa shape index (κ2) is 4.74. The number of nitrogens with zero attached hydrogens (tertiary/aromatic N) is 2. The van der Waals surface area contributed by atoms with Gasteiger partial charge in [-0.15, -0.1) is 0 Å². The number of hydrogen-bond acceptors (Lipinski definition) is 2. The van der Waals surface area contributed by atoms with E-state index in [0.29, 0.717) is 0 Å². The summed E-state index contributed by atoms with van der Waals surface area (Å²) >= 11 is 0. The van der Waals surface area contributed by atoms with Crippen molar-refractivity contribution in [3.8, 4) is 11.4 Å². The van der Waals surface area contributed by atoms with E-state index >= 15 is 0 Å². The van der Waals surface area contributed by atoms with Crippen LogP contribution in [0.15, 0.2) is 48.8 Å². The third kappa shape index (κ3) is 2.37. The maximum Gasteiger partial charge on any atom is 0.0886 e. The first kappa shape index (κ1) is 9.89. The molecule has 2 aromatic rings. The van der Waals surface area contributed by atoms with Crippen LogP contribution in [-0.4, -0.2) is 9.97 Å². The molecule has 2 rings (SSSR count). The number of hydrogen-bond donors (Lipinski definition) is 0. The van der Waals surface area contributed by atoms with Crippen molar-refractivity contribution in [1.82, 2.24) is 9.97 Å². The van der Waals surface area contributed by atoms with Gasteiger partial charge in [-0.2, -0.15) is 0 Å². The fourth-order valence-electron chi connectivity index (χ4n) is 1.03. The molecule has 13 heavy (non-hydrogen) atoms. The fourth-order valence-corrected chi connectivity index (χ4v) is 1.03. The van der Waals surface area contributed by atoms with Gasteiger partial charge in [0.25, 0.3) is 0 Å². The Morgan fingerprint density at radius 1 is 0.692 bits per heavy atom. The quantitative estimate of drug-likeness (QED) is 0.728. The molecule has 0 aliphatic rings. The third-order valence-electron chi connectivity index (χ3n) is 1.59. The Balaban J connectivity index is 0.000000845.